The molecule has 150 valence electrons. The summed E-state index contributed by atoms with van der Waals surface area (Å²) in [5.74, 6) is 0.604. The molecule has 3 aromatic rings. The van der Waals surface area contributed by atoms with Crippen LogP contribution in [-0.2, 0) is 6.54 Å². The molecule has 1 N–H and O–H groups in total. The quantitative estimate of drug-likeness (QED) is 0.713. The molecule has 1 aliphatic rings. The van der Waals surface area contributed by atoms with Crippen LogP contribution in [0.4, 0.5) is 11.5 Å². The van der Waals surface area contributed by atoms with Crippen LogP contribution in [-0.4, -0.2) is 42.0 Å². The SMILES string of the molecule is N#Cc1ccccc1NC(=O)c1ccc(N2CCN(Cc3ccccc3)CC2)nc1. The number of nitriles is 1. The molecule has 0 unspecified atom stereocenters. The van der Waals surface area contributed by atoms with Crippen LogP contribution in [0.25, 0.3) is 0 Å². The van der Waals surface area contributed by atoms with E-state index in [-0.39, 0.29) is 5.91 Å². The maximum absolute atomic E-state index is 12.5. The fourth-order valence-corrected chi connectivity index (χ4v) is 3.57. The van der Waals surface area contributed by atoms with Crippen LogP contribution in [0.1, 0.15) is 21.5 Å². The average molecular weight is 397 g/mol. The number of nitrogens with zero attached hydrogens (tertiary/aromatic N) is 4. The lowest BCUT2D eigenvalue weighted by molar-refractivity contribution is 0.102. The number of pyridine rings is 1. The number of hydrogen-bond donors (Lipinski definition) is 1. The number of nitrogens with one attached hydrogen (secondary N) is 1. The Morgan fingerprint density at radius 3 is 2.40 bits per heavy atom. The summed E-state index contributed by atoms with van der Waals surface area (Å²) >= 11 is 0. The van der Waals surface area contributed by atoms with E-state index in [1.807, 2.05) is 12.1 Å². The Labute approximate surface area is 176 Å². The second-order valence-electron chi connectivity index (χ2n) is 7.27. The van der Waals surface area contributed by atoms with Crippen molar-refractivity contribution in [2.75, 3.05) is 36.4 Å². The van der Waals surface area contributed by atoms with Crippen molar-refractivity contribution >= 4 is 17.4 Å². The van der Waals surface area contributed by atoms with Crippen molar-refractivity contribution in [3.63, 3.8) is 0 Å². The van der Waals surface area contributed by atoms with E-state index in [9.17, 15) is 4.79 Å². The van der Waals surface area contributed by atoms with Gasteiger partial charge in [-0.15, -0.1) is 0 Å². The molecular formula is C24H23N5O. The number of carbonyl (C=O) groups is 1. The van der Waals surface area contributed by atoms with Gasteiger partial charge in [-0.1, -0.05) is 42.5 Å². The number of rotatable bonds is 5. The molecule has 6 heteroatoms. The fourth-order valence-electron chi connectivity index (χ4n) is 3.57. The Morgan fingerprint density at radius 2 is 1.70 bits per heavy atom. The molecular weight excluding hydrogens is 374 g/mol. The molecule has 0 aliphatic carbocycles. The molecule has 2 heterocycles. The smallest absolute Gasteiger partial charge is 0.257 e. The zero-order valence-corrected chi connectivity index (χ0v) is 16.7. The number of anilines is 2. The van der Waals surface area contributed by atoms with Crippen LogP contribution in [0, 0.1) is 11.3 Å². The molecule has 6 nitrogen and oxygen atoms in total. The van der Waals surface area contributed by atoms with Gasteiger partial charge in [0.15, 0.2) is 0 Å². The zero-order chi connectivity index (χ0) is 20.8. The Morgan fingerprint density at radius 1 is 0.967 bits per heavy atom. The minimum Gasteiger partial charge on any atom is -0.354 e. The maximum Gasteiger partial charge on any atom is 0.257 e. The van der Waals surface area contributed by atoms with E-state index >= 15 is 0 Å². The summed E-state index contributed by atoms with van der Waals surface area (Å²) in [5, 5.41) is 11.9. The summed E-state index contributed by atoms with van der Waals surface area (Å²) < 4.78 is 0. The van der Waals surface area contributed by atoms with Crippen molar-refractivity contribution in [2.24, 2.45) is 0 Å². The summed E-state index contributed by atoms with van der Waals surface area (Å²) in [6.07, 6.45) is 1.59. The molecule has 0 saturated carbocycles. The van der Waals surface area contributed by atoms with Crippen LogP contribution < -0.4 is 10.2 Å². The molecule has 1 aliphatic heterocycles. The Bertz CT molecular complexity index is 1040. The standard InChI is InChI=1S/C24H23N5O/c25-16-20-8-4-5-9-22(20)27-24(30)21-10-11-23(26-17-21)29-14-12-28(13-15-29)18-19-6-2-1-3-7-19/h1-11,17H,12-15,18H2,(H,27,30). The highest BCUT2D eigenvalue weighted by Crippen LogP contribution is 2.18. The van der Waals surface area contributed by atoms with Crippen LogP contribution in [0.15, 0.2) is 72.9 Å². The third-order valence-electron chi connectivity index (χ3n) is 5.25. The van der Waals surface area contributed by atoms with Crippen molar-refractivity contribution in [3.05, 3.63) is 89.6 Å². The van der Waals surface area contributed by atoms with E-state index in [0.29, 0.717) is 16.8 Å². The highest BCUT2D eigenvalue weighted by molar-refractivity contribution is 6.04. The fraction of sp³-hybridized carbons (Fsp3) is 0.208. The number of para-hydroxylation sites is 1. The minimum atomic E-state index is -0.274. The van der Waals surface area contributed by atoms with Crippen LogP contribution in [0.5, 0.6) is 0 Å². The first-order valence-electron chi connectivity index (χ1n) is 10.0. The van der Waals surface area contributed by atoms with Crippen molar-refractivity contribution in [1.29, 1.82) is 5.26 Å². The lowest BCUT2D eigenvalue weighted by atomic mass is 10.2. The first-order chi connectivity index (χ1) is 14.7. The number of carbonyl (C=O) groups excluding carboxylic acids is 1. The molecule has 30 heavy (non-hydrogen) atoms. The second-order valence-corrected chi connectivity index (χ2v) is 7.27. The molecule has 1 fully saturated rings. The van der Waals surface area contributed by atoms with Gasteiger partial charge in [-0.05, 0) is 29.8 Å². The summed E-state index contributed by atoms with van der Waals surface area (Å²) in [7, 11) is 0. The van der Waals surface area contributed by atoms with Gasteiger partial charge in [-0.3, -0.25) is 9.69 Å². The number of amides is 1. The van der Waals surface area contributed by atoms with Crippen molar-refractivity contribution in [3.8, 4) is 6.07 Å². The molecule has 1 aromatic heterocycles. The largest absolute Gasteiger partial charge is 0.354 e. The number of benzene rings is 2. The first-order valence-corrected chi connectivity index (χ1v) is 10.0. The predicted octanol–water partition coefficient (Wildman–Crippen LogP) is 3.53. The van der Waals surface area contributed by atoms with Crippen LogP contribution in [0.2, 0.25) is 0 Å². The third kappa shape index (κ3) is 4.65. The van der Waals surface area contributed by atoms with Crippen molar-refractivity contribution in [1.82, 2.24) is 9.88 Å². The minimum absolute atomic E-state index is 0.274. The number of aromatic nitrogens is 1. The lowest BCUT2D eigenvalue weighted by Gasteiger charge is -2.35. The van der Waals surface area contributed by atoms with Crippen molar-refractivity contribution < 1.29 is 4.79 Å². The highest BCUT2D eigenvalue weighted by Gasteiger charge is 2.18. The molecule has 0 bridgehead atoms. The normalized spacial score (nSPS) is 14.2. The van der Waals surface area contributed by atoms with Gasteiger partial charge >= 0.3 is 0 Å². The topological polar surface area (TPSA) is 72.3 Å². The van der Waals surface area contributed by atoms with E-state index in [1.165, 1.54) is 5.56 Å². The van der Waals surface area contributed by atoms with E-state index in [2.05, 4.69) is 50.4 Å². The van der Waals surface area contributed by atoms with Gasteiger partial charge in [-0.25, -0.2) is 4.98 Å². The van der Waals surface area contributed by atoms with Crippen LogP contribution >= 0.6 is 0 Å². The molecule has 4 rings (SSSR count). The van der Waals surface area contributed by atoms with Gasteiger partial charge in [-0.2, -0.15) is 5.26 Å². The summed E-state index contributed by atoms with van der Waals surface area (Å²) in [6, 6.07) is 23.2. The van der Waals surface area contributed by atoms with Crippen LogP contribution in [0.3, 0.4) is 0 Å². The van der Waals surface area contributed by atoms with Gasteiger partial charge < -0.3 is 10.2 Å². The molecule has 0 radical (unpaired) electrons. The molecule has 0 spiro atoms. The summed E-state index contributed by atoms with van der Waals surface area (Å²) in [6.45, 7) is 4.72. The van der Waals surface area contributed by atoms with E-state index in [4.69, 9.17) is 5.26 Å². The van der Waals surface area contributed by atoms with Gasteiger partial charge in [0.2, 0.25) is 0 Å². The summed E-state index contributed by atoms with van der Waals surface area (Å²) in [5.41, 5.74) is 2.74. The predicted molar refractivity (Wildman–Crippen MR) is 117 cm³/mol. The molecule has 1 amide bonds. The van der Waals surface area contributed by atoms with Gasteiger partial charge in [0.1, 0.15) is 11.9 Å². The average Bonchev–Trinajstić information content (AvgIpc) is 2.81. The highest BCUT2D eigenvalue weighted by atomic mass is 16.1. The van der Waals surface area contributed by atoms with E-state index in [1.54, 1.807) is 36.5 Å². The molecule has 0 atom stereocenters. The van der Waals surface area contributed by atoms with Gasteiger partial charge in [0.05, 0.1) is 16.8 Å². The van der Waals surface area contributed by atoms with Crippen molar-refractivity contribution in [2.45, 2.75) is 6.54 Å². The lowest BCUT2D eigenvalue weighted by Crippen LogP contribution is -2.46. The Kier molecular flexibility index (Phi) is 6.02. The van der Waals surface area contributed by atoms with Gasteiger partial charge in [0, 0.05) is 38.9 Å². The summed E-state index contributed by atoms with van der Waals surface area (Å²) in [4.78, 5) is 21.7. The second kappa shape index (κ2) is 9.21. The molecule has 2 aromatic carbocycles. The third-order valence-corrected chi connectivity index (χ3v) is 5.25. The molecule has 1 saturated heterocycles. The van der Waals surface area contributed by atoms with Gasteiger partial charge in [0.25, 0.3) is 5.91 Å². The zero-order valence-electron chi connectivity index (χ0n) is 16.7. The number of piperazine rings is 1. The van der Waals surface area contributed by atoms with E-state index in [0.717, 1.165) is 38.5 Å². The maximum atomic E-state index is 12.5. The Balaban J connectivity index is 1.34. The monoisotopic (exact) mass is 397 g/mol. The van der Waals surface area contributed by atoms with E-state index < -0.39 is 0 Å². The number of hydrogen-bond acceptors (Lipinski definition) is 5. The Hall–Kier alpha value is -3.69. The first kappa shape index (κ1) is 19.6.